The van der Waals surface area contributed by atoms with Gasteiger partial charge in [-0.2, -0.15) is 0 Å². The summed E-state index contributed by atoms with van der Waals surface area (Å²) in [6.07, 6.45) is 0. The zero-order valence-electron chi connectivity index (χ0n) is 8.61. The summed E-state index contributed by atoms with van der Waals surface area (Å²) < 4.78 is 5.22. The van der Waals surface area contributed by atoms with Crippen LogP contribution in [0.25, 0.3) is 0 Å². The van der Waals surface area contributed by atoms with E-state index in [0.29, 0.717) is 5.89 Å². The highest BCUT2D eigenvalue weighted by atomic mass is 35.5. The normalized spacial score (nSPS) is 10.7. The lowest BCUT2D eigenvalue weighted by Crippen LogP contribution is -2.38. The molecule has 0 unspecified atom stereocenters. The van der Waals surface area contributed by atoms with Crippen molar-refractivity contribution in [1.29, 1.82) is 0 Å². The van der Waals surface area contributed by atoms with E-state index in [1.165, 1.54) is 0 Å². The Morgan fingerprint density at radius 3 is 2.67 bits per heavy atom. The zero-order valence-corrected chi connectivity index (χ0v) is 9.36. The first-order valence-electron chi connectivity index (χ1n) is 4.48. The molecular formula is C8H13ClN4O2. The van der Waals surface area contributed by atoms with Gasteiger partial charge in [0.05, 0.1) is 0 Å². The summed E-state index contributed by atoms with van der Waals surface area (Å²) in [4.78, 5) is 12.4. The lowest BCUT2D eigenvalue weighted by Gasteiger charge is -2.22. The minimum Gasteiger partial charge on any atom is -0.407 e. The number of carbonyl (C=O) groups excluding carboxylic acids is 1. The van der Waals surface area contributed by atoms with E-state index < -0.39 is 5.91 Å². The number of aromatic nitrogens is 2. The molecule has 1 heterocycles. The molecule has 0 saturated carbocycles. The van der Waals surface area contributed by atoms with Gasteiger partial charge in [-0.3, -0.25) is 4.79 Å². The summed E-state index contributed by atoms with van der Waals surface area (Å²) in [6.45, 7) is 3.84. The predicted molar refractivity (Wildman–Crippen MR) is 55.5 cm³/mol. The number of hydrogen-bond donors (Lipinski definition) is 1. The summed E-state index contributed by atoms with van der Waals surface area (Å²) in [5.41, 5.74) is 5.11. The number of hydrogen-bond acceptors (Lipinski definition) is 5. The molecule has 0 atom stereocenters. The second-order valence-corrected chi connectivity index (χ2v) is 3.57. The van der Waals surface area contributed by atoms with Crippen molar-refractivity contribution in [1.82, 2.24) is 10.2 Å². The Kier molecular flexibility index (Phi) is 3.90. The van der Waals surface area contributed by atoms with Crippen LogP contribution in [-0.2, 0) is 10.7 Å². The van der Waals surface area contributed by atoms with Crippen molar-refractivity contribution in [3.8, 4) is 0 Å². The summed E-state index contributed by atoms with van der Waals surface area (Å²) in [7, 11) is 0. The molecule has 6 nitrogen and oxygen atoms in total. The van der Waals surface area contributed by atoms with Gasteiger partial charge in [0.1, 0.15) is 12.4 Å². The first-order valence-corrected chi connectivity index (χ1v) is 5.01. The monoisotopic (exact) mass is 232 g/mol. The van der Waals surface area contributed by atoms with Crippen LogP contribution in [0.2, 0.25) is 0 Å². The van der Waals surface area contributed by atoms with E-state index >= 15 is 0 Å². The van der Waals surface area contributed by atoms with E-state index in [1.54, 1.807) is 4.90 Å². The summed E-state index contributed by atoms with van der Waals surface area (Å²) >= 11 is 5.52. The lowest BCUT2D eigenvalue weighted by molar-refractivity contribution is -0.116. The molecule has 15 heavy (non-hydrogen) atoms. The molecule has 0 aliphatic carbocycles. The van der Waals surface area contributed by atoms with Gasteiger partial charge < -0.3 is 15.1 Å². The molecule has 0 fully saturated rings. The lowest BCUT2D eigenvalue weighted by atomic mass is 10.3. The average molecular weight is 233 g/mol. The molecule has 1 amide bonds. The van der Waals surface area contributed by atoms with E-state index in [-0.39, 0.29) is 24.5 Å². The fourth-order valence-corrected chi connectivity index (χ4v) is 1.16. The number of alkyl halides is 1. The molecule has 1 aromatic heterocycles. The van der Waals surface area contributed by atoms with E-state index in [2.05, 4.69) is 10.2 Å². The Labute approximate surface area is 92.4 Å². The minimum absolute atomic E-state index is 0.0427. The van der Waals surface area contributed by atoms with Crippen molar-refractivity contribution < 1.29 is 9.21 Å². The number of carbonyl (C=O) groups is 1. The molecule has 1 rings (SSSR count). The number of halogens is 1. The fourth-order valence-electron chi connectivity index (χ4n) is 1.05. The Morgan fingerprint density at radius 2 is 2.27 bits per heavy atom. The maximum atomic E-state index is 10.8. The fraction of sp³-hybridized carbons (Fsp3) is 0.625. The van der Waals surface area contributed by atoms with Gasteiger partial charge in [0, 0.05) is 6.04 Å². The van der Waals surface area contributed by atoms with Gasteiger partial charge in [0.15, 0.2) is 0 Å². The van der Waals surface area contributed by atoms with Crippen molar-refractivity contribution in [2.75, 3.05) is 11.4 Å². The second-order valence-electron chi connectivity index (χ2n) is 3.30. The molecule has 0 saturated heterocycles. The summed E-state index contributed by atoms with van der Waals surface area (Å²) in [5.74, 6) is 0.0197. The molecule has 1 aromatic rings. The number of amides is 1. The van der Waals surface area contributed by atoms with Crippen LogP contribution in [0.3, 0.4) is 0 Å². The van der Waals surface area contributed by atoms with Crippen LogP contribution < -0.4 is 10.6 Å². The first kappa shape index (κ1) is 11.8. The zero-order chi connectivity index (χ0) is 11.4. The molecule has 2 N–H and O–H groups in total. The van der Waals surface area contributed by atoms with Gasteiger partial charge in [0.2, 0.25) is 11.8 Å². The third kappa shape index (κ3) is 3.09. The third-order valence-corrected chi connectivity index (χ3v) is 1.99. The quantitative estimate of drug-likeness (QED) is 0.748. The Bertz CT molecular complexity index is 339. The molecule has 0 aliphatic heterocycles. The SMILES string of the molecule is CC(C)N(CC(N)=O)c1nnc(CCl)o1. The smallest absolute Gasteiger partial charge is 0.318 e. The Balaban J connectivity index is 2.83. The highest BCUT2D eigenvalue weighted by Crippen LogP contribution is 2.15. The molecule has 0 aliphatic rings. The van der Waals surface area contributed by atoms with Gasteiger partial charge >= 0.3 is 6.01 Å². The topological polar surface area (TPSA) is 85.2 Å². The van der Waals surface area contributed by atoms with Crippen LogP contribution >= 0.6 is 11.6 Å². The van der Waals surface area contributed by atoms with Crippen molar-refractivity contribution in [3.63, 3.8) is 0 Å². The van der Waals surface area contributed by atoms with Gasteiger partial charge in [-0.15, -0.1) is 16.7 Å². The number of nitrogens with zero attached hydrogens (tertiary/aromatic N) is 3. The van der Waals surface area contributed by atoms with Gasteiger partial charge in [0.25, 0.3) is 0 Å². The molecular weight excluding hydrogens is 220 g/mol. The molecule has 84 valence electrons. The van der Waals surface area contributed by atoms with Gasteiger partial charge in [-0.25, -0.2) is 0 Å². The van der Waals surface area contributed by atoms with Gasteiger partial charge in [-0.1, -0.05) is 5.10 Å². The second kappa shape index (κ2) is 4.97. The van der Waals surface area contributed by atoms with Crippen LogP contribution in [0.4, 0.5) is 6.01 Å². The molecule has 0 radical (unpaired) electrons. The predicted octanol–water partition coefficient (Wildman–Crippen LogP) is 0.509. The van der Waals surface area contributed by atoms with Crippen LogP contribution in [-0.4, -0.2) is 28.7 Å². The number of anilines is 1. The number of primary amides is 1. The van der Waals surface area contributed by atoms with Crippen molar-refractivity contribution in [2.24, 2.45) is 5.73 Å². The Morgan fingerprint density at radius 1 is 1.60 bits per heavy atom. The first-order chi connectivity index (χ1) is 7.04. The van der Waals surface area contributed by atoms with E-state index in [9.17, 15) is 4.79 Å². The van der Waals surface area contributed by atoms with Crippen molar-refractivity contribution in [2.45, 2.75) is 25.8 Å². The standard InChI is InChI=1S/C8H13ClN4O2/c1-5(2)13(4-6(10)14)8-12-11-7(3-9)15-8/h5H,3-4H2,1-2H3,(H2,10,14). The van der Waals surface area contributed by atoms with E-state index in [1.807, 2.05) is 13.8 Å². The molecule has 0 spiro atoms. The number of nitrogens with two attached hydrogens (primary N) is 1. The average Bonchev–Trinajstić information content (AvgIpc) is 2.61. The van der Waals surface area contributed by atoms with Crippen LogP contribution in [0.15, 0.2) is 4.42 Å². The summed E-state index contributed by atoms with van der Waals surface area (Å²) in [5, 5.41) is 7.48. The molecule has 0 bridgehead atoms. The molecule has 0 aromatic carbocycles. The van der Waals surface area contributed by atoms with Crippen LogP contribution in [0.1, 0.15) is 19.7 Å². The Hall–Kier alpha value is -1.30. The molecule has 7 heteroatoms. The van der Waals surface area contributed by atoms with E-state index in [0.717, 1.165) is 0 Å². The number of rotatable bonds is 5. The highest BCUT2D eigenvalue weighted by molar-refractivity contribution is 6.16. The van der Waals surface area contributed by atoms with Crippen LogP contribution in [0.5, 0.6) is 0 Å². The highest BCUT2D eigenvalue weighted by Gasteiger charge is 2.18. The third-order valence-electron chi connectivity index (χ3n) is 1.77. The van der Waals surface area contributed by atoms with Crippen LogP contribution in [0, 0.1) is 0 Å². The van der Waals surface area contributed by atoms with Crippen molar-refractivity contribution >= 4 is 23.5 Å². The maximum Gasteiger partial charge on any atom is 0.318 e. The summed E-state index contributed by atoms with van der Waals surface area (Å²) in [6, 6.07) is 0.306. The van der Waals surface area contributed by atoms with E-state index in [4.69, 9.17) is 21.8 Å². The minimum atomic E-state index is -0.450. The van der Waals surface area contributed by atoms with Gasteiger partial charge in [-0.05, 0) is 13.8 Å². The van der Waals surface area contributed by atoms with Crippen molar-refractivity contribution in [3.05, 3.63) is 5.89 Å². The maximum absolute atomic E-state index is 10.8. The largest absolute Gasteiger partial charge is 0.407 e.